The predicted molar refractivity (Wildman–Crippen MR) is 106 cm³/mol. The van der Waals surface area contributed by atoms with E-state index in [4.69, 9.17) is 9.97 Å². The first-order chi connectivity index (χ1) is 13.7. The SMILES string of the molecule is Cn1ncc2c(N3CC[C@@H](c4ccccc4F)C3)nc(-c3ccncc3)nc21. The largest absolute Gasteiger partial charge is 0.355 e. The van der Waals surface area contributed by atoms with Gasteiger partial charge in [0.15, 0.2) is 11.5 Å². The van der Waals surface area contributed by atoms with E-state index in [9.17, 15) is 4.39 Å². The summed E-state index contributed by atoms with van der Waals surface area (Å²) in [4.78, 5) is 15.8. The molecule has 1 aliphatic rings. The number of pyridine rings is 1. The van der Waals surface area contributed by atoms with Crippen LogP contribution in [0.4, 0.5) is 10.2 Å². The fraction of sp³-hybridized carbons (Fsp3) is 0.238. The molecule has 1 fully saturated rings. The molecular weight excluding hydrogens is 355 g/mol. The van der Waals surface area contributed by atoms with E-state index in [1.807, 2.05) is 31.3 Å². The van der Waals surface area contributed by atoms with Gasteiger partial charge >= 0.3 is 0 Å². The van der Waals surface area contributed by atoms with Crippen molar-refractivity contribution >= 4 is 16.9 Å². The van der Waals surface area contributed by atoms with E-state index in [2.05, 4.69) is 15.0 Å². The number of hydrogen-bond donors (Lipinski definition) is 0. The summed E-state index contributed by atoms with van der Waals surface area (Å²) < 4.78 is 16.0. The van der Waals surface area contributed by atoms with Crippen LogP contribution in [0.2, 0.25) is 0 Å². The van der Waals surface area contributed by atoms with Crippen molar-refractivity contribution in [2.75, 3.05) is 18.0 Å². The molecule has 4 aromatic rings. The standard InChI is InChI=1S/C21H19FN6/c1-27-20-17(12-24-27)21(26-19(25-20)14-6-9-23-10-7-14)28-11-8-15(13-28)16-4-2-3-5-18(16)22/h2-7,9-10,12,15H,8,11,13H2,1H3/t15-/m1/s1. The highest BCUT2D eigenvalue weighted by molar-refractivity contribution is 5.88. The molecule has 140 valence electrons. The molecule has 3 aromatic heterocycles. The number of aromatic nitrogens is 5. The molecule has 0 amide bonds. The minimum absolute atomic E-state index is 0.138. The van der Waals surface area contributed by atoms with E-state index in [-0.39, 0.29) is 11.7 Å². The van der Waals surface area contributed by atoms with Crippen molar-refractivity contribution in [3.63, 3.8) is 0 Å². The highest BCUT2D eigenvalue weighted by Gasteiger charge is 2.29. The Morgan fingerprint density at radius 1 is 1.07 bits per heavy atom. The Hall–Kier alpha value is -3.35. The first kappa shape index (κ1) is 16.8. The summed E-state index contributed by atoms with van der Waals surface area (Å²) in [6.45, 7) is 1.54. The average molecular weight is 374 g/mol. The van der Waals surface area contributed by atoms with E-state index < -0.39 is 0 Å². The molecule has 4 heterocycles. The van der Waals surface area contributed by atoms with Crippen LogP contribution in [0.25, 0.3) is 22.4 Å². The molecule has 0 spiro atoms. The van der Waals surface area contributed by atoms with Crippen molar-refractivity contribution in [2.24, 2.45) is 7.05 Å². The van der Waals surface area contributed by atoms with Crippen LogP contribution in [0.1, 0.15) is 17.9 Å². The fourth-order valence-electron chi connectivity index (χ4n) is 3.89. The molecule has 0 radical (unpaired) electrons. The average Bonchev–Trinajstić information content (AvgIpc) is 3.36. The van der Waals surface area contributed by atoms with Crippen LogP contribution in [0.5, 0.6) is 0 Å². The number of nitrogens with zero attached hydrogens (tertiary/aromatic N) is 6. The van der Waals surface area contributed by atoms with Crippen LogP contribution in [-0.2, 0) is 7.05 Å². The van der Waals surface area contributed by atoms with Gasteiger partial charge in [-0.05, 0) is 30.2 Å². The third-order valence-electron chi connectivity index (χ3n) is 5.34. The summed E-state index contributed by atoms with van der Waals surface area (Å²) in [5.74, 6) is 1.50. The number of hydrogen-bond acceptors (Lipinski definition) is 5. The molecule has 0 aliphatic carbocycles. The summed E-state index contributed by atoms with van der Waals surface area (Å²) in [6.07, 6.45) is 6.15. The van der Waals surface area contributed by atoms with Gasteiger partial charge < -0.3 is 4.90 Å². The molecular formula is C21H19FN6. The molecule has 0 unspecified atom stereocenters. The van der Waals surface area contributed by atoms with Crippen molar-refractivity contribution in [3.8, 4) is 11.4 Å². The molecule has 0 bridgehead atoms. The van der Waals surface area contributed by atoms with Crippen molar-refractivity contribution in [3.05, 3.63) is 66.4 Å². The summed E-state index contributed by atoms with van der Waals surface area (Å²) >= 11 is 0. The van der Waals surface area contributed by atoms with Crippen molar-refractivity contribution in [1.82, 2.24) is 24.7 Å². The Kier molecular flexibility index (Phi) is 4.00. The molecule has 1 saturated heterocycles. The zero-order valence-electron chi connectivity index (χ0n) is 15.5. The van der Waals surface area contributed by atoms with E-state index >= 15 is 0 Å². The van der Waals surface area contributed by atoms with Gasteiger partial charge in [-0.3, -0.25) is 9.67 Å². The second-order valence-corrected chi connectivity index (χ2v) is 7.07. The van der Waals surface area contributed by atoms with Crippen LogP contribution in [-0.4, -0.2) is 37.8 Å². The molecule has 5 rings (SSSR count). The first-order valence-electron chi connectivity index (χ1n) is 9.30. The molecule has 7 heteroatoms. The second kappa shape index (κ2) is 6.67. The Morgan fingerprint density at radius 3 is 2.71 bits per heavy atom. The van der Waals surface area contributed by atoms with Gasteiger partial charge in [0.2, 0.25) is 0 Å². The van der Waals surface area contributed by atoms with Crippen LogP contribution in [0.15, 0.2) is 55.0 Å². The zero-order valence-corrected chi connectivity index (χ0v) is 15.5. The van der Waals surface area contributed by atoms with Crippen LogP contribution >= 0.6 is 0 Å². The van der Waals surface area contributed by atoms with Gasteiger partial charge in [0.25, 0.3) is 0 Å². The second-order valence-electron chi connectivity index (χ2n) is 7.07. The number of halogens is 1. The normalized spacial score (nSPS) is 16.8. The summed E-state index contributed by atoms with van der Waals surface area (Å²) in [7, 11) is 1.88. The van der Waals surface area contributed by atoms with Gasteiger partial charge in [-0.2, -0.15) is 5.10 Å². The molecule has 1 aromatic carbocycles. The maximum Gasteiger partial charge on any atom is 0.164 e. The summed E-state index contributed by atoms with van der Waals surface area (Å²) in [6, 6.07) is 10.8. The van der Waals surface area contributed by atoms with Crippen molar-refractivity contribution in [2.45, 2.75) is 12.3 Å². The monoisotopic (exact) mass is 374 g/mol. The van der Waals surface area contributed by atoms with Gasteiger partial charge in [0.1, 0.15) is 11.6 Å². The number of anilines is 1. The smallest absolute Gasteiger partial charge is 0.164 e. The van der Waals surface area contributed by atoms with E-state index in [1.54, 1.807) is 29.3 Å². The minimum atomic E-state index is -0.138. The Bertz CT molecular complexity index is 1140. The molecule has 0 saturated carbocycles. The van der Waals surface area contributed by atoms with E-state index in [0.29, 0.717) is 5.82 Å². The molecule has 1 atom stereocenters. The lowest BCUT2D eigenvalue weighted by molar-refractivity contribution is 0.589. The van der Waals surface area contributed by atoms with Gasteiger partial charge in [-0.15, -0.1) is 0 Å². The maximum atomic E-state index is 14.2. The number of aryl methyl sites for hydroxylation is 1. The molecule has 1 aliphatic heterocycles. The quantitative estimate of drug-likeness (QED) is 0.549. The van der Waals surface area contributed by atoms with Crippen LogP contribution in [0.3, 0.4) is 0 Å². The fourth-order valence-corrected chi connectivity index (χ4v) is 3.89. The van der Waals surface area contributed by atoms with E-state index in [1.165, 1.54) is 6.07 Å². The minimum Gasteiger partial charge on any atom is -0.355 e. The lowest BCUT2D eigenvalue weighted by atomic mass is 9.98. The molecule has 0 N–H and O–H groups in total. The number of rotatable bonds is 3. The van der Waals surface area contributed by atoms with E-state index in [0.717, 1.165) is 47.5 Å². The van der Waals surface area contributed by atoms with Gasteiger partial charge in [-0.25, -0.2) is 14.4 Å². The molecule has 28 heavy (non-hydrogen) atoms. The third kappa shape index (κ3) is 2.79. The Labute approximate surface area is 161 Å². The highest BCUT2D eigenvalue weighted by Crippen LogP contribution is 2.35. The maximum absolute atomic E-state index is 14.2. The Morgan fingerprint density at radius 2 is 1.89 bits per heavy atom. The summed E-state index contributed by atoms with van der Waals surface area (Å²) in [5, 5.41) is 5.28. The number of benzene rings is 1. The topological polar surface area (TPSA) is 59.7 Å². The first-order valence-corrected chi connectivity index (χ1v) is 9.30. The third-order valence-corrected chi connectivity index (χ3v) is 5.34. The van der Waals surface area contributed by atoms with Crippen molar-refractivity contribution in [1.29, 1.82) is 0 Å². The van der Waals surface area contributed by atoms with Gasteiger partial charge in [-0.1, -0.05) is 18.2 Å². The molecule has 6 nitrogen and oxygen atoms in total. The Balaban J connectivity index is 1.56. The lowest BCUT2D eigenvalue weighted by Gasteiger charge is -2.19. The van der Waals surface area contributed by atoms with Crippen LogP contribution in [0, 0.1) is 5.82 Å². The van der Waals surface area contributed by atoms with Gasteiger partial charge in [0.05, 0.1) is 11.6 Å². The zero-order chi connectivity index (χ0) is 19.1. The lowest BCUT2D eigenvalue weighted by Crippen LogP contribution is -2.21. The van der Waals surface area contributed by atoms with Crippen LogP contribution < -0.4 is 4.90 Å². The van der Waals surface area contributed by atoms with Gasteiger partial charge in [0, 0.05) is 44.0 Å². The van der Waals surface area contributed by atoms with Crippen molar-refractivity contribution < 1.29 is 4.39 Å². The number of fused-ring (bicyclic) bond motifs is 1. The highest BCUT2D eigenvalue weighted by atomic mass is 19.1. The predicted octanol–water partition coefficient (Wildman–Crippen LogP) is 3.56. The summed E-state index contributed by atoms with van der Waals surface area (Å²) in [5.41, 5.74) is 2.46.